The number of nitrogens with zero attached hydrogens (tertiary/aromatic N) is 3. The van der Waals surface area contributed by atoms with E-state index >= 15 is 0 Å². The van der Waals surface area contributed by atoms with Gasteiger partial charge in [-0.15, -0.1) is 0 Å². The molecule has 0 saturated heterocycles. The quantitative estimate of drug-likeness (QED) is 0.461. The fraction of sp³-hybridized carbons (Fsp3) is 0.211. The molecule has 0 saturated carbocycles. The first-order valence-corrected chi connectivity index (χ1v) is 8.75. The van der Waals surface area contributed by atoms with Crippen molar-refractivity contribution in [1.82, 2.24) is 14.9 Å². The average molecular weight is 400 g/mol. The molecule has 3 rings (SSSR count). The topological polar surface area (TPSA) is 82.9 Å². The number of H-pyrrole nitrogens is 1. The van der Waals surface area contributed by atoms with E-state index in [9.17, 15) is 0 Å². The third-order valence-electron chi connectivity index (χ3n) is 3.88. The number of hydrogen-bond donors (Lipinski definition) is 1. The lowest BCUT2D eigenvalue weighted by Crippen LogP contribution is -2.04. The zero-order chi connectivity index (χ0) is 19.9. The number of hydrogen-bond acceptors (Lipinski definition) is 7. The fourth-order valence-electron chi connectivity index (χ4n) is 2.48. The van der Waals surface area contributed by atoms with E-state index < -0.39 is 0 Å². The molecular weight excluding hydrogens is 380 g/mol. The molecule has 28 heavy (non-hydrogen) atoms. The second kappa shape index (κ2) is 9.05. The Morgan fingerprint density at radius 2 is 1.71 bits per heavy atom. The van der Waals surface area contributed by atoms with Gasteiger partial charge in [-0.2, -0.15) is 14.9 Å². The second-order valence-corrected chi connectivity index (χ2v) is 5.94. The van der Waals surface area contributed by atoms with Crippen LogP contribution in [0.3, 0.4) is 0 Å². The third-order valence-corrected chi connectivity index (χ3v) is 4.14. The van der Waals surface area contributed by atoms with Crippen molar-refractivity contribution < 1.29 is 18.9 Å². The Morgan fingerprint density at radius 3 is 2.39 bits per heavy atom. The highest BCUT2D eigenvalue weighted by molar-refractivity contribution is 7.71. The number of benzene rings is 2. The van der Waals surface area contributed by atoms with Crippen molar-refractivity contribution in [3.63, 3.8) is 0 Å². The van der Waals surface area contributed by atoms with E-state index in [1.807, 2.05) is 30.3 Å². The van der Waals surface area contributed by atoms with Gasteiger partial charge in [-0.25, -0.2) is 5.10 Å². The SMILES string of the molecule is COc1cc(OC)c(OC)cc1/C=N\n1c(COc2ccccc2)n[nH]c1=S. The summed E-state index contributed by atoms with van der Waals surface area (Å²) in [6.07, 6.45) is 1.61. The lowest BCUT2D eigenvalue weighted by Gasteiger charge is -2.11. The highest BCUT2D eigenvalue weighted by Gasteiger charge is 2.11. The predicted octanol–water partition coefficient (Wildman–Crippen LogP) is 3.43. The summed E-state index contributed by atoms with van der Waals surface area (Å²) < 4.78 is 23.6. The molecule has 0 atom stereocenters. The normalized spacial score (nSPS) is 10.8. The Kier molecular flexibility index (Phi) is 6.28. The summed E-state index contributed by atoms with van der Waals surface area (Å²) in [7, 11) is 4.70. The van der Waals surface area contributed by atoms with Gasteiger partial charge in [-0.1, -0.05) is 18.2 Å². The molecular formula is C19H20N4O4S. The standard InChI is InChI=1S/C19H20N4O4S/c1-24-15-10-17(26-3)16(25-2)9-13(15)11-20-23-18(21-22-19(23)28)12-27-14-7-5-4-6-8-14/h4-11H,12H2,1-3H3,(H,22,28)/b20-11-. The number of aromatic nitrogens is 3. The first-order chi connectivity index (χ1) is 13.7. The van der Waals surface area contributed by atoms with E-state index in [-0.39, 0.29) is 6.61 Å². The smallest absolute Gasteiger partial charge is 0.216 e. The van der Waals surface area contributed by atoms with Gasteiger partial charge in [0.25, 0.3) is 0 Å². The second-order valence-electron chi connectivity index (χ2n) is 5.55. The molecule has 0 bridgehead atoms. The van der Waals surface area contributed by atoms with E-state index in [4.69, 9.17) is 31.2 Å². The molecule has 0 amide bonds. The molecule has 146 valence electrons. The van der Waals surface area contributed by atoms with Crippen LogP contribution in [0.4, 0.5) is 0 Å². The summed E-state index contributed by atoms with van der Waals surface area (Å²) in [6, 6.07) is 12.9. The number of ether oxygens (including phenoxy) is 4. The molecule has 0 radical (unpaired) electrons. The lowest BCUT2D eigenvalue weighted by atomic mass is 10.2. The summed E-state index contributed by atoms with van der Waals surface area (Å²) in [6.45, 7) is 0.206. The highest BCUT2D eigenvalue weighted by atomic mass is 32.1. The molecule has 0 aliphatic carbocycles. The predicted molar refractivity (Wildman–Crippen MR) is 107 cm³/mol. The number of aromatic amines is 1. The minimum absolute atomic E-state index is 0.206. The minimum Gasteiger partial charge on any atom is -0.496 e. The molecule has 1 aromatic heterocycles. The van der Waals surface area contributed by atoms with Crippen molar-refractivity contribution in [3.05, 3.63) is 58.6 Å². The van der Waals surface area contributed by atoms with Gasteiger partial charge in [0.2, 0.25) is 4.77 Å². The summed E-state index contributed by atoms with van der Waals surface area (Å²) in [5, 5.41) is 11.3. The van der Waals surface area contributed by atoms with Crippen LogP contribution < -0.4 is 18.9 Å². The molecule has 2 aromatic carbocycles. The molecule has 3 aromatic rings. The van der Waals surface area contributed by atoms with Crippen molar-refractivity contribution in [1.29, 1.82) is 0 Å². The number of para-hydroxylation sites is 1. The zero-order valence-electron chi connectivity index (χ0n) is 15.7. The molecule has 9 heteroatoms. The zero-order valence-corrected chi connectivity index (χ0v) is 16.5. The Hall–Kier alpha value is -3.33. The number of rotatable bonds is 8. The summed E-state index contributed by atoms with van der Waals surface area (Å²) in [5.74, 6) is 2.97. The summed E-state index contributed by atoms with van der Waals surface area (Å²) in [4.78, 5) is 0. The molecule has 0 fully saturated rings. The largest absolute Gasteiger partial charge is 0.496 e. The van der Waals surface area contributed by atoms with Crippen LogP contribution in [0.2, 0.25) is 0 Å². The monoisotopic (exact) mass is 400 g/mol. The van der Waals surface area contributed by atoms with Crippen LogP contribution in [0.1, 0.15) is 11.4 Å². The molecule has 0 spiro atoms. The molecule has 8 nitrogen and oxygen atoms in total. The molecule has 0 unspecified atom stereocenters. The lowest BCUT2D eigenvalue weighted by molar-refractivity contribution is 0.290. The van der Waals surface area contributed by atoms with Crippen LogP contribution in [0, 0.1) is 4.77 Å². The van der Waals surface area contributed by atoms with E-state index in [2.05, 4.69) is 15.3 Å². The van der Waals surface area contributed by atoms with Gasteiger partial charge < -0.3 is 18.9 Å². The maximum absolute atomic E-state index is 5.73. The fourth-order valence-corrected chi connectivity index (χ4v) is 2.67. The molecule has 1 heterocycles. The molecule has 1 N–H and O–H groups in total. The van der Waals surface area contributed by atoms with Gasteiger partial charge in [0.15, 0.2) is 17.3 Å². The van der Waals surface area contributed by atoms with E-state index in [1.165, 1.54) is 4.68 Å². The summed E-state index contributed by atoms with van der Waals surface area (Å²) >= 11 is 5.27. The van der Waals surface area contributed by atoms with E-state index in [0.29, 0.717) is 33.4 Å². The molecule has 0 aliphatic rings. The van der Waals surface area contributed by atoms with Crippen molar-refractivity contribution in [2.75, 3.05) is 21.3 Å². The van der Waals surface area contributed by atoms with Gasteiger partial charge in [0.1, 0.15) is 18.1 Å². The van der Waals surface area contributed by atoms with Crippen LogP contribution in [-0.4, -0.2) is 42.4 Å². The first kappa shape index (κ1) is 19.4. The third kappa shape index (κ3) is 4.32. The van der Waals surface area contributed by atoms with Crippen molar-refractivity contribution in [2.24, 2.45) is 5.10 Å². The van der Waals surface area contributed by atoms with Crippen molar-refractivity contribution >= 4 is 18.4 Å². The van der Waals surface area contributed by atoms with Crippen LogP contribution in [0.5, 0.6) is 23.0 Å². The minimum atomic E-state index is 0.206. The van der Waals surface area contributed by atoms with Gasteiger partial charge in [0.05, 0.1) is 27.5 Å². The summed E-state index contributed by atoms with van der Waals surface area (Å²) in [5.41, 5.74) is 0.693. The Morgan fingerprint density at radius 1 is 1.04 bits per heavy atom. The van der Waals surface area contributed by atoms with E-state index in [1.54, 1.807) is 39.7 Å². The number of methoxy groups -OCH3 is 3. The Balaban J connectivity index is 1.86. The van der Waals surface area contributed by atoms with Gasteiger partial charge in [-0.3, -0.25) is 0 Å². The van der Waals surface area contributed by atoms with Crippen LogP contribution in [-0.2, 0) is 6.61 Å². The maximum Gasteiger partial charge on any atom is 0.216 e. The van der Waals surface area contributed by atoms with Crippen LogP contribution in [0.25, 0.3) is 0 Å². The Bertz CT molecular complexity index is 1010. The maximum atomic E-state index is 5.73. The average Bonchev–Trinajstić information content (AvgIpc) is 3.10. The van der Waals surface area contributed by atoms with E-state index in [0.717, 1.165) is 5.75 Å². The van der Waals surface area contributed by atoms with Crippen molar-refractivity contribution in [3.8, 4) is 23.0 Å². The van der Waals surface area contributed by atoms with Gasteiger partial charge in [0, 0.05) is 11.6 Å². The Labute approximate surface area is 167 Å². The highest BCUT2D eigenvalue weighted by Crippen LogP contribution is 2.33. The van der Waals surface area contributed by atoms with Crippen LogP contribution in [0.15, 0.2) is 47.6 Å². The number of nitrogens with one attached hydrogen (secondary N) is 1. The first-order valence-electron chi connectivity index (χ1n) is 8.34. The van der Waals surface area contributed by atoms with Crippen LogP contribution >= 0.6 is 12.2 Å². The van der Waals surface area contributed by atoms with Crippen molar-refractivity contribution in [2.45, 2.75) is 6.61 Å². The van der Waals surface area contributed by atoms with Gasteiger partial charge >= 0.3 is 0 Å². The molecule has 0 aliphatic heterocycles. The van der Waals surface area contributed by atoms with Gasteiger partial charge in [-0.05, 0) is 30.4 Å².